The van der Waals surface area contributed by atoms with Crippen molar-refractivity contribution in [3.63, 3.8) is 0 Å². The van der Waals surface area contributed by atoms with Gasteiger partial charge < -0.3 is 30.6 Å². The molecule has 0 aliphatic carbocycles. The fraction of sp³-hybridized carbons (Fsp3) is 0.400. The Balaban J connectivity index is 1.15. The molecule has 13 heteroatoms. The first-order valence-electron chi connectivity index (χ1n) is 14.1. The van der Waals surface area contributed by atoms with Crippen LogP contribution in [0.4, 0.5) is 14.5 Å². The first-order valence-corrected chi connectivity index (χ1v) is 14.5. The number of carbonyl (C=O) groups excluding carboxylic acids is 3. The number of H-pyrrole nitrogens is 1. The molecule has 10 nitrogen and oxygen atoms in total. The van der Waals surface area contributed by atoms with E-state index in [2.05, 4.69) is 15.3 Å². The molecular weight excluding hydrogens is 582 g/mol. The Morgan fingerprint density at radius 1 is 1.05 bits per heavy atom. The van der Waals surface area contributed by atoms with Crippen LogP contribution in [-0.2, 0) is 11.2 Å². The lowest BCUT2D eigenvalue weighted by atomic mass is 9.93. The van der Waals surface area contributed by atoms with Gasteiger partial charge in [-0.1, -0.05) is 17.7 Å². The molecule has 2 aliphatic heterocycles. The number of rotatable bonds is 7. The number of amides is 3. The van der Waals surface area contributed by atoms with Crippen molar-refractivity contribution >= 4 is 35.0 Å². The number of piperidine rings is 2. The number of imidazole rings is 1. The maximum absolute atomic E-state index is 14.3. The predicted molar refractivity (Wildman–Crippen MR) is 156 cm³/mol. The Kier molecular flexibility index (Phi) is 9.26. The molecule has 1 aromatic heterocycles. The van der Waals surface area contributed by atoms with Gasteiger partial charge in [-0.2, -0.15) is 4.39 Å². The third kappa shape index (κ3) is 6.80. The molecule has 0 radical (unpaired) electrons. The summed E-state index contributed by atoms with van der Waals surface area (Å²) in [5, 5.41) is 2.84. The van der Waals surface area contributed by atoms with Crippen LogP contribution >= 0.6 is 11.6 Å². The van der Waals surface area contributed by atoms with Crippen molar-refractivity contribution in [2.45, 2.75) is 38.1 Å². The van der Waals surface area contributed by atoms with Crippen molar-refractivity contribution < 1.29 is 27.9 Å². The summed E-state index contributed by atoms with van der Waals surface area (Å²) in [6, 6.07) is 7.46. The lowest BCUT2D eigenvalue weighted by molar-refractivity contribution is -0.138. The Morgan fingerprint density at radius 3 is 2.42 bits per heavy atom. The van der Waals surface area contributed by atoms with E-state index in [1.165, 1.54) is 31.5 Å². The average Bonchev–Trinajstić information content (AvgIpc) is 3.48. The number of hydrogen-bond donors (Lipinski definition) is 3. The summed E-state index contributed by atoms with van der Waals surface area (Å²) >= 11 is 6.44. The lowest BCUT2D eigenvalue weighted by Crippen LogP contribution is -2.48. The van der Waals surface area contributed by atoms with Crippen LogP contribution in [-0.4, -0.2) is 76.8 Å². The quantitative estimate of drug-likeness (QED) is 0.368. The number of halogens is 3. The number of ether oxygens (including phenoxy) is 1. The van der Waals surface area contributed by atoms with Crippen LogP contribution in [0.5, 0.6) is 5.75 Å². The molecule has 2 saturated heterocycles. The zero-order chi connectivity index (χ0) is 30.7. The summed E-state index contributed by atoms with van der Waals surface area (Å²) in [4.78, 5) is 49.3. The van der Waals surface area contributed by atoms with Crippen LogP contribution in [0.25, 0.3) is 0 Å². The minimum Gasteiger partial charge on any atom is -0.494 e. The highest BCUT2D eigenvalue weighted by atomic mass is 35.5. The zero-order valence-electron chi connectivity index (χ0n) is 23.7. The Bertz CT molecular complexity index is 1520. The number of nitrogens with zero attached hydrogens (tertiary/aromatic N) is 3. The molecule has 228 valence electrons. The van der Waals surface area contributed by atoms with Gasteiger partial charge in [-0.25, -0.2) is 9.37 Å². The van der Waals surface area contributed by atoms with E-state index < -0.39 is 17.5 Å². The molecule has 2 aromatic carbocycles. The smallest absolute Gasteiger partial charge is 0.291 e. The summed E-state index contributed by atoms with van der Waals surface area (Å²) in [5.74, 6) is -3.15. The number of nitrogens with two attached hydrogens (primary N) is 1. The Hall–Kier alpha value is -4.03. The highest BCUT2D eigenvalue weighted by Crippen LogP contribution is 2.27. The topological polar surface area (TPSA) is 134 Å². The summed E-state index contributed by atoms with van der Waals surface area (Å²) in [6.07, 6.45) is 4.15. The minimum atomic E-state index is -1.09. The number of anilines is 1. The fourth-order valence-electron chi connectivity index (χ4n) is 5.47. The van der Waals surface area contributed by atoms with Gasteiger partial charge in [-0.15, -0.1) is 0 Å². The number of likely N-dealkylation sites (tertiary alicyclic amines) is 2. The maximum atomic E-state index is 14.3. The van der Waals surface area contributed by atoms with Gasteiger partial charge in [-0.05, 0) is 55.5 Å². The molecule has 4 N–H and O–H groups in total. The summed E-state index contributed by atoms with van der Waals surface area (Å²) in [6.45, 7) is 2.27. The van der Waals surface area contributed by atoms with Crippen LogP contribution in [0.3, 0.4) is 0 Å². The highest BCUT2D eigenvalue weighted by Gasteiger charge is 2.32. The molecule has 0 bridgehead atoms. The van der Waals surface area contributed by atoms with Gasteiger partial charge in [0, 0.05) is 62.1 Å². The van der Waals surface area contributed by atoms with E-state index in [1.807, 2.05) is 4.90 Å². The van der Waals surface area contributed by atoms with Crippen molar-refractivity contribution in [2.24, 2.45) is 11.7 Å². The number of methoxy groups -OCH3 is 1. The maximum Gasteiger partial charge on any atom is 0.291 e. The molecule has 2 fully saturated rings. The second-order valence-corrected chi connectivity index (χ2v) is 11.3. The molecule has 3 aromatic rings. The standard InChI is InChI=1S/C30H33ClF2N6O4/c1-43-24-5-2-18(25(32)26(24)33)14-21-16-35-27(36-21)28(40)37-20-3-4-22(23(31)15-20)30(42)39-10-6-17(7-11-39)29(41)38-12-8-19(34)9-13-38/h2-5,15-17,19H,6-14,34H2,1H3,(H,35,36)(H,37,40). The normalized spacial score (nSPS) is 16.3. The third-order valence-electron chi connectivity index (χ3n) is 8.01. The van der Waals surface area contributed by atoms with E-state index in [9.17, 15) is 23.2 Å². The molecule has 0 unspecified atom stereocenters. The van der Waals surface area contributed by atoms with Crippen molar-refractivity contribution in [3.05, 3.63) is 75.8 Å². The molecule has 43 heavy (non-hydrogen) atoms. The Labute approximate surface area is 252 Å². The number of aromatic amines is 1. The van der Waals surface area contributed by atoms with Gasteiger partial charge in [0.1, 0.15) is 0 Å². The van der Waals surface area contributed by atoms with E-state index in [0.29, 0.717) is 56.0 Å². The van der Waals surface area contributed by atoms with Crippen molar-refractivity contribution in [2.75, 3.05) is 38.6 Å². The largest absolute Gasteiger partial charge is 0.494 e. The predicted octanol–water partition coefficient (Wildman–Crippen LogP) is 3.99. The molecule has 0 spiro atoms. The van der Waals surface area contributed by atoms with Crippen LogP contribution < -0.4 is 15.8 Å². The first-order chi connectivity index (χ1) is 20.6. The minimum absolute atomic E-state index is 0.0198. The summed E-state index contributed by atoms with van der Waals surface area (Å²) in [5.41, 5.74) is 7.07. The number of hydrogen-bond acceptors (Lipinski definition) is 6. The SMILES string of the molecule is COc1ccc(Cc2cnc(C(=O)Nc3ccc(C(=O)N4CCC(C(=O)N5CCC(N)CC5)CC4)c(Cl)c3)[nH]2)c(F)c1F. The van der Waals surface area contributed by atoms with Crippen molar-refractivity contribution in [3.8, 4) is 5.75 Å². The van der Waals surface area contributed by atoms with E-state index in [1.54, 1.807) is 17.0 Å². The molecular formula is C30H33ClF2N6O4. The Morgan fingerprint density at radius 2 is 1.74 bits per heavy atom. The molecule has 2 aliphatic rings. The van der Waals surface area contributed by atoms with Crippen molar-refractivity contribution in [1.82, 2.24) is 19.8 Å². The molecule has 3 amide bonds. The fourth-order valence-corrected chi connectivity index (χ4v) is 5.73. The molecule has 5 rings (SSSR count). The van der Waals surface area contributed by atoms with Crippen LogP contribution in [0.2, 0.25) is 5.02 Å². The third-order valence-corrected chi connectivity index (χ3v) is 8.32. The second-order valence-electron chi connectivity index (χ2n) is 10.9. The van der Waals surface area contributed by atoms with Gasteiger partial charge in [0.2, 0.25) is 11.7 Å². The number of carbonyl (C=O) groups is 3. The number of aromatic nitrogens is 2. The highest BCUT2D eigenvalue weighted by molar-refractivity contribution is 6.34. The second kappa shape index (κ2) is 13.1. The molecule has 0 atom stereocenters. The van der Waals surface area contributed by atoms with E-state index in [0.717, 1.165) is 12.8 Å². The molecule has 0 saturated carbocycles. The van der Waals surface area contributed by atoms with E-state index >= 15 is 0 Å². The number of benzene rings is 2. The van der Waals surface area contributed by atoms with Crippen LogP contribution in [0.15, 0.2) is 36.5 Å². The van der Waals surface area contributed by atoms with Gasteiger partial charge >= 0.3 is 0 Å². The van der Waals surface area contributed by atoms with Crippen LogP contribution in [0.1, 0.15) is 57.9 Å². The van der Waals surface area contributed by atoms with Crippen molar-refractivity contribution in [1.29, 1.82) is 0 Å². The van der Waals surface area contributed by atoms with E-state index in [4.69, 9.17) is 22.1 Å². The first kappa shape index (κ1) is 30.4. The molecule has 3 heterocycles. The van der Waals surface area contributed by atoms with Gasteiger partial charge in [0.15, 0.2) is 17.4 Å². The van der Waals surface area contributed by atoms with Gasteiger partial charge in [-0.3, -0.25) is 14.4 Å². The summed E-state index contributed by atoms with van der Waals surface area (Å²) < 4.78 is 33.2. The van der Waals surface area contributed by atoms with Gasteiger partial charge in [0.25, 0.3) is 11.8 Å². The van der Waals surface area contributed by atoms with Gasteiger partial charge in [0.05, 0.1) is 17.7 Å². The monoisotopic (exact) mass is 614 g/mol. The number of nitrogens with one attached hydrogen (secondary N) is 2. The van der Waals surface area contributed by atoms with Crippen LogP contribution in [0, 0.1) is 17.6 Å². The average molecular weight is 615 g/mol. The van der Waals surface area contributed by atoms with E-state index in [-0.39, 0.29) is 52.4 Å². The lowest BCUT2D eigenvalue weighted by Gasteiger charge is -2.36. The zero-order valence-corrected chi connectivity index (χ0v) is 24.4. The summed E-state index contributed by atoms with van der Waals surface area (Å²) in [7, 11) is 1.25.